The van der Waals surface area contributed by atoms with Crippen molar-refractivity contribution in [1.29, 1.82) is 0 Å². The molecule has 2 bridgehead atoms. The number of hydrogen-bond acceptors (Lipinski definition) is 2. The molecule has 0 radical (unpaired) electrons. The molecule has 2 saturated heterocycles. The lowest BCUT2D eigenvalue weighted by Crippen LogP contribution is -2.52. The van der Waals surface area contributed by atoms with Gasteiger partial charge in [-0.1, -0.05) is 50.6 Å². The predicted molar refractivity (Wildman–Crippen MR) is 104 cm³/mol. The highest BCUT2D eigenvalue weighted by molar-refractivity contribution is 6.21. The van der Waals surface area contributed by atoms with Crippen molar-refractivity contribution in [3.63, 3.8) is 0 Å². The van der Waals surface area contributed by atoms with E-state index in [1.807, 2.05) is 0 Å². The van der Waals surface area contributed by atoms with Gasteiger partial charge in [-0.3, -0.25) is 0 Å². The fourth-order valence-corrected chi connectivity index (χ4v) is 4.99. The smallest absolute Gasteiger partial charge is 0.0489 e. The highest BCUT2D eigenvalue weighted by Gasteiger charge is 2.40. The summed E-state index contributed by atoms with van der Waals surface area (Å²) < 4.78 is 0. The van der Waals surface area contributed by atoms with Crippen molar-refractivity contribution < 1.29 is 0 Å². The van der Waals surface area contributed by atoms with Gasteiger partial charge in [0.25, 0.3) is 0 Å². The zero-order valence-electron chi connectivity index (χ0n) is 15.2. The molecule has 2 nitrogen and oxygen atoms in total. The van der Waals surface area contributed by atoms with E-state index in [-0.39, 0.29) is 10.8 Å². The molecular weight excluding hydrogens is 316 g/mol. The molecular formula is C21H33ClN2. The van der Waals surface area contributed by atoms with E-state index in [2.05, 4.69) is 54.8 Å². The lowest BCUT2D eigenvalue weighted by Gasteiger charge is -2.45. The number of piperidine rings is 1. The van der Waals surface area contributed by atoms with Gasteiger partial charge in [-0.2, -0.15) is 0 Å². The second-order valence-corrected chi connectivity index (χ2v) is 8.81. The van der Waals surface area contributed by atoms with E-state index in [0.29, 0.717) is 12.0 Å². The Hall–Kier alpha value is -0.570. The molecule has 5 atom stereocenters. The second kappa shape index (κ2) is 8.21. The summed E-state index contributed by atoms with van der Waals surface area (Å²) in [6.45, 7) is 8.09. The lowest BCUT2D eigenvalue weighted by molar-refractivity contribution is 0.180. The Morgan fingerprint density at radius 1 is 1.12 bits per heavy atom. The van der Waals surface area contributed by atoms with E-state index >= 15 is 0 Å². The van der Waals surface area contributed by atoms with Gasteiger partial charge in [-0.15, -0.1) is 11.6 Å². The quantitative estimate of drug-likeness (QED) is 0.738. The number of rotatable bonds is 1. The number of benzene rings is 1. The maximum Gasteiger partial charge on any atom is 0.0489 e. The Morgan fingerprint density at radius 3 is 2.71 bits per heavy atom. The Labute approximate surface area is 152 Å². The van der Waals surface area contributed by atoms with Crippen molar-refractivity contribution in [1.82, 2.24) is 10.6 Å². The average molecular weight is 349 g/mol. The van der Waals surface area contributed by atoms with Crippen molar-refractivity contribution in [2.45, 2.75) is 62.8 Å². The first-order valence-electron chi connectivity index (χ1n) is 9.73. The zero-order valence-corrected chi connectivity index (χ0v) is 16.0. The summed E-state index contributed by atoms with van der Waals surface area (Å²) in [7, 11) is 0. The van der Waals surface area contributed by atoms with Crippen molar-refractivity contribution in [3.8, 4) is 0 Å². The minimum Gasteiger partial charge on any atom is -0.316 e. The number of hydrogen-bond donors (Lipinski definition) is 2. The molecule has 2 fully saturated rings. The SMILES string of the molecule is C[C@@H]1CCC[C@H](Cl)C2CC(CCN2)C(C)(c2ccccc2)CNC1. The Balaban J connectivity index is 1.87. The third-order valence-electron chi connectivity index (χ3n) is 6.37. The second-order valence-electron chi connectivity index (χ2n) is 8.25. The Bertz CT molecular complexity index is 506. The van der Waals surface area contributed by atoms with Gasteiger partial charge in [0.1, 0.15) is 0 Å². The van der Waals surface area contributed by atoms with Gasteiger partial charge in [0.2, 0.25) is 0 Å². The van der Waals surface area contributed by atoms with Crippen LogP contribution in [-0.4, -0.2) is 31.1 Å². The fourth-order valence-electron chi connectivity index (χ4n) is 4.65. The van der Waals surface area contributed by atoms with Gasteiger partial charge in [-0.05, 0) is 56.2 Å². The maximum atomic E-state index is 6.79. The molecule has 1 aromatic rings. The van der Waals surface area contributed by atoms with E-state index < -0.39 is 0 Å². The molecule has 1 aromatic carbocycles. The number of fused-ring (bicyclic) bond motifs is 2. The van der Waals surface area contributed by atoms with Crippen LogP contribution in [0.1, 0.15) is 51.5 Å². The van der Waals surface area contributed by atoms with Gasteiger partial charge in [-0.25, -0.2) is 0 Å². The molecule has 2 aliphatic rings. The first-order valence-corrected chi connectivity index (χ1v) is 10.2. The van der Waals surface area contributed by atoms with E-state index in [1.165, 1.54) is 31.2 Å². The summed E-state index contributed by atoms with van der Waals surface area (Å²) >= 11 is 6.79. The number of halogens is 1. The van der Waals surface area contributed by atoms with Crippen molar-refractivity contribution >= 4 is 11.6 Å². The molecule has 3 rings (SSSR count). The largest absolute Gasteiger partial charge is 0.316 e. The summed E-state index contributed by atoms with van der Waals surface area (Å²) in [6.07, 6.45) is 6.09. The molecule has 0 saturated carbocycles. The topological polar surface area (TPSA) is 24.1 Å². The van der Waals surface area contributed by atoms with Crippen LogP contribution >= 0.6 is 11.6 Å². The van der Waals surface area contributed by atoms with Crippen LogP contribution in [0.15, 0.2) is 30.3 Å². The van der Waals surface area contributed by atoms with Crippen molar-refractivity contribution in [2.75, 3.05) is 19.6 Å². The summed E-state index contributed by atoms with van der Waals surface area (Å²) in [6, 6.07) is 11.6. The number of nitrogens with one attached hydrogen (secondary N) is 2. The summed E-state index contributed by atoms with van der Waals surface area (Å²) in [5.41, 5.74) is 1.65. The highest BCUT2D eigenvalue weighted by Crippen LogP contribution is 2.39. The van der Waals surface area contributed by atoms with E-state index in [4.69, 9.17) is 11.6 Å². The summed E-state index contributed by atoms with van der Waals surface area (Å²) in [5.74, 6) is 1.40. The van der Waals surface area contributed by atoms with Gasteiger partial charge < -0.3 is 10.6 Å². The van der Waals surface area contributed by atoms with Crippen molar-refractivity contribution in [2.24, 2.45) is 11.8 Å². The first-order chi connectivity index (χ1) is 11.6. The molecule has 0 aliphatic carbocycles. The predicted octanol–water partition coefficient (Wildman–Crippen LogP) is 4.33. The Morgan fingerprint density at radius 2 is 1.92 bits per heavy atom. The summed E-state index contributed by atoms with van der Waals surface area (Å²) in [5, 5.41) is 7.77. The van der Waals surface area contributed by atoms with Crippen LogP contribution in [0.25, 0.3) is 0 Å². The maximum absolute atomic E-state index is 6.79. The van der Waals surface area contributed by atoms with Crippen LogP contribution in [-0.2, 0) is 5.41 Å². The van der Waals surface area contributed by atoms with Crippen LogP contribution in [0, 0.1) is 11.8 Å². The summed E-state index contributed by atoms with van der Waals surface area (Å²) in [4.78, 5) is 0. The minimum absolute atomic E-state index is 0.178. The molecule has 3 unspecified atom stereocenters. The number of alkyl halides is 1. The monoisotopic (exact) mass is 348 g/mol. The molecule has 2 aliphatic heterocycles. The lowest BCUT2D eigenvalue weighted by atomic mass is 9.66. The normalized spacial score (nSPS) is 38.8. The van der Waals surface area contributed by atoms with Crippen LogP contribution in [0.3, 0.4) is 0 Å². The molecule has 3 heteroatoms. The molecule has 2 heterocycles. The van der Waals surface area contributed by atoms with Gasteiger partial charge >= 0.3 is 0 Å². The van der Waals surface area contributed by atoms with Crippen LogP contribution in [0.4, 0.5) is 0 Å². The van der Waals surface area contributed by atoms with Crippen LogP contribution in [0.2, 0.25) is 0 Å². The molecule has 0 aromatic heterocycles. The third kappa shape index (κ3) is 4.15. The van der Waals surface area contributed by atoms with Gasteiger partial charge in [0.05, 0.1) is 0 Å². The molecule has 0 amide bonds. The highest BCUT2D eigenvalue weighted by atomic mass is 35.5. The van der Waals surface area contributed by atoms with E-state index in [0.717, 1.165) is 32.0 Å². The minimum atomic E-state index is 0.178. The first kappa shape index (κ1) is 18.2. The van der Waals surface area contributed by atoms with Crippen LogP contribution in [0.5, 0.6) is 0 Å². The average Bonchev–Trinajstić information content (AvgIpc) is 2.61. The third-order valence-corrected chi connectivity index (χ3v) is 6.89. The van der Waals surface area contributed by atoms with E-state index in [1.54, 1.807) is 0 Å². The van der Waals surface area contributed by atoms with Crippen LogP contribution < -0.4 is 10.6 Å². The van der Waals surface area contributed by atoms with E-state index in [9.17, 15) is 0 Å². The van der Waals surface area contributed by atoms with Crippen molar-refractivity contribution in [3.05, 3.63) is 35.9 Å². The molecule has 0 spiro atoms. The van der Waals surface area contributed by atoms with Gasteiger partial charge in [0.15, 0.2) is 0 Å². The molecule has 2 N–H and O–H groups in total. The molecule has 134 valence electrons. The standard InChI is InChI=1S/C21H33ClN2/c1-16-7-6-10-19(22)20-13-18(11-12-24-20)21(2,15-23-14-16)17-8-4-3-5-9-17/h3-5,8-9,16,18-20,23-24H,6-7,10-15H2,1-2H3/t16-,18?,19+,20?,21?/m1/s1. The zero-order chi connectivity index (χ0) is 17.0. The van der Waals surface area contributed by atoms with Gasteiger partial charge in [0, 0.05) is 23.4 Å². The fraction of sp³-hybridized carbons (Fsp3) is 0.714. The Kier molecular flexibility index (Phi) is 6.23. The molecule has 24 heavy (non-hydrogen) atoms.